The standard InChI is InChI=1S/C15H13ClF3N/c1-9(12-7-11(17)3-5-14(12)18)20-8-10-2-4-15(19)13(16)6-10/h2-7,9,20H,8H2,1H3. The van der Waals surface area contributed by atoms with Crippen molar-refractivity contribution < 1.29 is 13.2 Å². The maximum atomic E-state index is 13.6. The first-order chi connectivity index (χ1) is 9.47. The molecule has 2 rings (SSSR count). The van der Waals surface area contributed by atoms with Gasteiger partial charge in [0.25, 0.3) is 0 Å². The fraction of sp³-hybridized carbons (Fsp3) is 0.200. The van der Waals surface area contributed by atoms with Crippen molar-refractivity contribution in [3.8, 4) is 0 Å². The molecule has 1 nitrogen and oxygen atoms in total. The van der Waals surface area contributed by atoms with E-state index in [0.717, 1.165) is 23.8 Å². The van der Waals surface area contributed by atoms with Gasteiger partial charge in [0.1, 0.15) is 17.5 Å². The molecule has 5 heteroatoms. The lowest BCUT2D eigenvalue weighted by Crippen LogP contribution is -2.19. The summed E-state index contributed by atoms with van der Waals surface area (Å²) in [6, 6.07) is 7.30. The van der Waals surface area contributed by atoms with Gasteiger partial charge in [-0.2, -0.15) is 0 Å². The predicted molar refractivity (Wildman–Crippen MR) is 73.0 cm³/mol. The van der Waals surface area contributed by atoms with Crippen LogP contribution < -0.4 is 5.32 Å². The Labute approximate surface area is 120 Å². The van der Waals surface area contributed by atoms with E-state index in [1.165, 1.54) is 12.1 Å². The smallest absolute Gasteiger partial charge is 0.141 e. The third kappa shape index (κ3) is 3.52. The summed E-state index contributed by atoms with van der Waals surface area (Å²) in [5, 5.41) is 3.08. The molecule has 1 N–H and O–H groups in total. The molecule has 0 aliphatic heterocycles. The molecule has 0 aliphatic rings. The molecule has 0 amide bonds. The summed E-state index contributed by atoms with van der Waals surface area (Å²) >= 11 is 5.68. The van der Waals surface area contributed by atoms with Gasteiger partial charge in [0.2, 0.25) is 0 Å². The van der Waals surface area contributed by atoms with Crippen LogP contribution >= 0.6 is 11.6 Å². The first kappa shape index (κ1) is 14.9. The average molecular weight is 300 g/mol. The quantitative estimate of drug-likeness (QED) is 0.869. The van der Waals surface area contributed by atoms with E-state index in [2.05, 4.69) is 5.32 Å². The fourth-order valence-corrected chi connectivity index (χ4v) is 2.08. The lowest BCUT2D eigenvalue weighted by Gasteiger charge is -2.15. The molecule has 0 saturated heterocycles. The second-order valence-electron chi connectivity index (χ2n) is 4.52. The van der Waals surface area contributed by atoms with Crippen molar-refractivity contribution >= 4 is 11.6 Å². The zero-order valence-electron chi connectivity index (χ0n) is 10.8. The zero-order valence-corrected chi connectivity index (χ0v) is 11.5. The summed E-state index contributed by atoms with van der Waals surface area (Å²) in [6.07, 6.45) is 0. The predicted octanol–water partition coefficient (Wildman–Crippen LogP) is 4.61. The molecule has 1 unspecified atom stereocenters. The van der Waals surface area contributed by atoms with Crippen LogP contribution in [0.15, 0.2) is 36.4 Å². The maximum absolute atomic E-state index is 13.6. The van der Waals surface area contributed by atoms with Gasteiger partial charge in [0.05, 0.1) is 5.02 Å². The molecular weight excluding hydrogens is 287 g/mol. The number of hydrogen-bond acceptors (Lipinski definition) is 1. The lowest BCUT2D eigenvalue weighted by atomic mass is 10.1. The van der Waals surface area contributed by atoms with Gasteiger partial charge in [0, 0.05) is 18.2 Å². The van der Waals surface area contributed by atoms with Crippen LogP contribution in [0.1, 0.15) is 24.1 Å². The largest absolute Gasteiger partial charge is 0.306 e. The molecule has 20 heavy (non-hydrogen) atoms. The van der Waals surface area contributed by atoms with E-state index in [9.17, 15) is 13.2 Å². The Morgan fingerprint density at radius 2 is 1.75 bits per heavy atom. The highest BCUT2D eigenvalue weighted by Crippen LogP contribution is 2.20. The third-order valence-electron chi connectivity index (χ3n) is 3.02. The molecule has 2 aromatic carbocycles. The Morgan fingerprint density at radius 1 is 1.05 bits per heavy atom. The number of benzene rings is 2. The number of halogens is 4. The monoisotopic (exact) mass is 299 g/mol. The van der Waals surface area contributed by atoms with E-state index < -0.39 is 17.5 Å². The molecule has 0 heterocycles. The van der Waals surface area contributed by atoms with E-state index in [-0.39, 0.29) is 16.6 Å². The van der Waals surface area contributed by atoms with Gasteiger partial charge in [-0.1, -0.05) is 17.7 Å². The SMILES string of the molecule is CC(NCc1ccc(F)c(Cl)c1)c1cc(F)ccc1F. The molecule has 0 saturated carbocycles. The third-order valence-corrected chi connectivity index (χ3v) is 3.31. The summed E-state index contributed by atoms with van der Waals surface area (Å²) in [5.41, 5.74) is 1.01. The Bertz CT molecular complexity index is 616. The highest BCUT2D eigenvalue weighted by Gasteiger charge is 2.12. The van der Waals surface area contributed by atoms with Gasteiger partial charge in [-0.15, -0.1) is 0 Å². The van der Waals surface area contributed by atoms with E-state index in [4.69, 9.17) is 11.6 Å². The Balaban J connectivity index is 2.06. The molecule has 0 fully saturated rings. The van der Waals surface area contributed by atoms with Crippen LogP contribution in [0, 0.1) is 17.5 Å². The summed E-state index contributed by atoms with van der Waals surface area (Å²) in [6.45, 7) is 2.10. The summed E-state index contributed by atoms with van der Waals surface area (Å²) in [7, 11) is 0. The van der Waals surface area contributed by atoms with Crippen molar-refractivity contribution in [2.75, 3.05) is 0 Å². The number of rotatable bonds is 4. The zero-order chi connectivity index (χ0) is 14.7. The molecule has 0 bridgehead atoms. The van der Waals surface area contributed by atoms with Crippen molar-refractivity contribution in [3.05, 3.63) is 70.0 Å². The van der Waals surface area contributed by atoms with Gasteiger partial charge in [-0.25, -0.2) is 13.2 Å². The Morgan fingerprint density at radius 3 is 2.45 bits per heavy atom. The number of nitrogens with one attached hydrogen (secondary N) is 1. The van der Waals surface area contributed by atoms with Crippen molar-refractivity contribution in [3.63, 3.8) is 0 Å². The minimum absolute atomic E-state index is 0.0360. The Kier molecular flexibility index (Phi) is 4.68. The highest BCUT2D eigenvalue weighted by molar-refractivity contribution is 6.30. The van der Waals surface area contributed by atoms with Crippen LogP contribution in [0.5, 0.6) is 0 Å². The first-order valence-electron chi connectivity index (χ1n) is 6.09. The summed E-state index contributed by atoms with van der Waals surface area (Å²) in [5.74, 6) is -1.44. The van der Waals surface area contributed by atoms with E-state index in [0.29, 0.717) is 6.54 Å². The topological polar surface area (TPSA) is 12.0 Å². The first-order valence-corrected chi connectivity index (χ1v) is 6.47. The van der Waals surface area contributed by atoms with Crippen LogP contribution in [0.2, 0.25) is 5.02 Å². The van der Waals surface area contributed by atoms with Crippen molar-refractivity contribution in [1.29, 1.82) is 0 Å². The van der Waals surface area contributed by atoms with Crippen molar-refractivity contribution in [1.82, 2.24) is 5.32 Å². The molecule has 0 aliphatic carbocycles. The average Bonchev–Trinajstić information content (AvgIpc) is 2.42. The van der Waals surface area contributed by atoms with Gasteiger partial charge >= 0.3 is 0 Å². The molecular formula is C15H13ClF3N. The minimum Gasteiger partial charge on any atom is -0.306 e. The number of hydrogen-bond donors (Lipinski definition) is 1. The molecule has 106 valence electrons. The van der Waals surface area contributed by atoms with E-state index >= 15 is 0 Å². The van der Waals surface area contributed by atoms with Crippen LogP contribution in [0.4, 0.5) is 13.2 Å². The molecule has 1 atom stereocenters. The van der Waals surface area contributed by atoms with Crippen LogP contribution in [-0.2, 0) is 6.54 Å². The van der Waals surface area contributed by atoms with Crippen LogP contribution in [0.3, 0.4) is 0 Å². The van der Waals surface area contributed by atoms with Gasteiger partial charge in [-0.3, -0.25) is 0 Å². The maximum Gasteiger partial charge on any atom is 0.141 e. The van der Waals surface area contributed by atoms with Crippen molar-refractivity contribution in [2.24, 2.45) is 0 Å². The summed E-state index contributed by atoms with van der Waals surface area (Å²) < 4.78 is 39.7. The van der Waals surface area contributed by atoms with Crippen LogP contribution in [0.25, 0.3) is 0 Å². The molecule has 2 aromatic rings. The van der Waals surface area contributed by atoms with Crippen molar-refractivity contribution in [2.45, 2.75) is 19.5 Å². The highest BCUT2D eigenvalue weighted by atomic mass is 35.5. The fourth-order valence-electron chi connectivity index (χ4n) is 1.88. The Hall–Kier alpha value is -1.52. The molecule has 0 spiro atoms. The lowest BCUT2D eigenvalue weighted by molar-refractivity contribution is 0.518. The normalized spacial score (nSPS) is 12.4. The minimum atomic E-state index is -0.486. The summed E-state index contributed by atoms with van der Waals surface area (Å²) in [4.78, 5) is 0. The van der Waals surface area contributed by atoms with E-state index in [1.54, 1.807) is 13.0 Å². The van der Waals surface area contributed by atoms with Gasteiger partial charge < -0.3 is 5.32 Å². The molecule has 0 radical (unpaired) electrons. The second-order valence-corrected chi connectivity index (χ2v) is 4.92. The van der Waals surface area contributed by atoms with Gasteiger partial charge in [0.15, 0.2) is 0 Å². The second kappa shape index (κ2) is 6.29. The van der Waals surface area contributed by atoms with Crippen LogP contribution in [-0.4, -0.2) is 0 Å². The van der Waals surface area contributed by atoms with Gasteiger partial charge in [-0.05, 0) is 42.8 Å². The van der Waals surface area contributed by atoms with E-state index in [1.807, 2.05) is 0 Å². The molecule has 0 aromatic heterocycles.